The van der Waals surface area contributed by atoms with Crippen molar-refractivity contribution in [2.45, 2.75) is 12.7 Å². The number of hydrogen-bond donors (Lipinski definition) is 0. The molecule has 0 atom stereocenters. The number of aromatic nitrogens is 3. The Bertz CT molecular complexity index is 606. The summed E-state index contributed by atoms with van der Waals surface area (Å²) in [4.78, 5) is 10.9. The molecule has 8 heteroatoms. The summed E-state index contributed by atoms with van der Waals surface area (Å²) >= 11 is 0. The summed E-state index contributed by atoms with van der Waals surface area (Å²) in [5, 5.41) is 6.55. The molecule has 1 heterocycles. The second kappa shape index (κ2) is 4.79. The standard InChI is InChI=1S/C11H7F4N3O/c12-8-3-1-2-7(4-8)5-18-6-9(16-17-18)10(19)11(13,14)15/h1-4,6H,5H2. The Hall–Kier alpha value is -2.25. The molecule has 0 bridgehead atoms. The summed E-state index contributed by atoms with van der Waals surface area (Å²) in [6, 6.07) is 5.50. The van der Waals surface area contributed by atoms with Crippen molar-refractivity contribution in [3.63, 3.8) is 0 Å². The van der Waals surface area contributed by atoms with Crippen molar-refractivity contribution >= 4 is 5.78 Å². The van der Waals surface area contributed by atoms with Crippen LogP contribution in [0, 0.1) is 5.82 Å². The maximum Gasteiger partial charge on any atom is 0.456 e. The molecular weight excluding hydrogens is 266 g/mol. The number of rotatable bonds is 3. The largest absolute Gasteiger partial charge is 0.456 e. The fraction of sp³-hybridized carbons (Fsp3) is 0.182. The smallest absolute Gasteiger partial charge is 0.282 e. The first-order valence-electron chi connectivity index (χ1n) is 5.12. The van der Waals surface area contributed by atoms with E-state index >= 15 is 0 Å². The fourth-order valence-electron chi connectivity index (χ4n) is 1.45. The zero-order chi connectivity index (χ0) is 14.0. The second-order valence-corrected chi connectivity index (χ2v) is 3.76. The molecule has 0 amide bonds. The maximum atomic E-state index is 12.9. The summed E-state index contributed by atoms with van der Waals surface area (Å²) in [5.74, 6) is -2.53. The van der Waals surface area contributed by atoms with Gasteiger partial charge in [0.15, 0.2) is 5.69 Å². The molecule has 2 rings (SSSR count). The number of Topliss-reactive ketones (excluding diaryl/α,β-unsaturated/α-hetero) is 1. The molecule has 0 N–H and O–H groups in total. The average Bonchev–Trinajstić information content (AvgIpc) is 2.75. The van der Waals surface area contributed by atoms with E-state index in [0.717, 1.165) is 10.9 Å². The number of carbonyl (C=O) groups excluding carboxylic acids is 1. The van der Waals surface area contributed by atoms with Crippen molar-refractivity contribution in [3.8, 4) is 0 Å². The van der Waals surface area contributed by atoms with Gasteiger partial charge in [-0.25, -0.2) is 9.07 Å². The number of hydrogen-bond acceptors (Lipinski definition) is 3. The zero-order valence-electron chi connectivity index (χ0n) is 9.36. The van der Waals surface area contributed by atoms with Gasteiger partial charge in [0.2, 0.25) is 0 Å². The Morgan fingerprint density at radius 1 is 1.32 bits per heavy atom. The summed E-state index contributed by atoms with van der Waals surface area (Å²) in [6.45, 7) is 0.0237. The van der Waals surface area contributed by atoms with Crippen LogP contribution in [0.25, 0.3) is 0 Å². The molecule has 19 heavy (non-hydrogen) atoms. The summed E-state index contributed by atoms with van der Waals surface area (Å²) in [7, 11) is 0. The Labute approximate surface area is 104 Å². The molecule has 0 aliphatic carbocycles. The fourth-order valence-corrected chi connectivity index (χ4v) is 1.45. The highest BCUT2D eigenvalue weighted by atomic mass is 19.4. The minimum atomic E-state index is -4.99. The average molecular weight is 273 g/mol. The number of ketones is 1. The molecule has 1 aromatic carbocycles. The molecular formula is C11H7F4N3O. The van der Waals surface area contributed by atoms with Gasteiger partial charge in [-0.3, -0.25) is 4.79 Å². The number of carbonyl (C=O) groups is 1. The zero-order valence-corrected chi connectivity index (χ0v) is 9.36. The molecule has 0 saturated heterocycles. The van der Waals surface area contributed by atoms with Gasteiger partial charge in [-0.1, -0.05) is 17.3 Å². The third-order valence-electron chi connectivity index (χ3n) is 2.26. The van der Waals surface area contributed by atoms with E-state index < -0.39 is 23.5 Å². The second-order valence-electron chi connectivity index (χ2n) is 3.76. The van der Waals surface area contributed by atoms with E-state index in [2.05, 4.69) is 10.3 Å². The summed E-state index contributed by atoms with van der Waals surface area (Å²) in [6.07, 6.45) is -4.11. The molecule has 0 fully saturated rings. The van der Waals surface area contributed by atoms with E-state index in [4.69, 9.17) is 0 Å². The lowest BCUT2D eigenvalue weighted by atomic mass is 10.2. The van der Waals surface area contributed by atoms with E-state index in [0.29, 0.717) is 5.56 Å². The van der Waals surface area contributed by atoms with Crippen LogP contribution < -0.4 is 0 Å². The van der Waals surface area contributed by atoms with Crippen LogP contribution in [-0.2, 0) is 6.54 Å². The number of nitrogens with zero attached hydrogens (tertiary/aromatic N) is 3. The van der Waals surface area contributed by atoms with Crippen LogP contribution in [0.1, 0.15) is 16.1 Å². The van der Waals surface area contributed by atoms with Gasteiger partial charge in [-0.2, -0.15) is 13.2 Å². The van der Waals surface area contributed by atoms with Crippen LogP contribution in [0.4, 0.5) is 17.6 Å². The van der Waals surface area contributed by atoms with E-state index in [1.54, 1.807) is 6.07 Å². The molecule has 1 aromatic heterocycles. The highest BCUT2D eigenvalue weighted by molar-refractivity contribution is 5.98. The van der Waals surface area contributed by atoms with E-state index in [1.807, 2.05) is 0 Å². The van der Waals surface area contributed by atoms with Crippen LogP contribution in [0.15, 0.2) is 30.5 Å². The van der Waals surface area contributed by atoms with Crippen molar-refractivity contribution in [1.82, 2.24) is 15.0 Å². The van der Waals surface area contributed by atoms with Crippen molar-refractivity contribution in [2.75, 3.05) is 0 Å². The Morgan fingerprint density at radius 3 is 2.68 bits per heavy atom. The lowest BCUT2D eigenvalue weighted by Crippen LogP contribution is -2.23. The topological polar surface area (TPSA) is 47.8 Å². The van der Waals surface area contributed by atoms with E-state index in [1.165, 1.54) is 18.2 Å². The first-order valence-corrected chi connectivity index (χ1v) is 5.12. The Kier molecular flexibility index (Phi) is 3.32. The predicted octanol–water partition coefficient (Wildman–Crippen LogP) is 2.21. The van der Waals surface area contributed by atoms with Gasteiger partial charge < -0.3 is 0 Å². The minimum absolute atomic E-state index is 0.0237. The molecule has 100 valence electrons. The minimum Gasteiger partial charge on any atom is -0.282 e. The van der Waals surface area contributed by atoms with Crippen molar-refractivity contribution < 1.29 is 22.4 Å². The summed E-state index contributed by atoms with van der Waals surface area (Å²) in [5.41, 5.74) is -0.292. The predicted molar refractivity (Wildman–Crippen MR) is 55.9 cm³/mol. The van der Waals surface area contributed by atoms with Crippen LogP contribution in [-0.4, -0.2) is 27.0 Å². The molecule has 0 aliphatic rings. The van der Waals surface area contributed by atoms with Gasteiger partial charge in [0.05, 0.1) is 12.7 Å². The van der Waals surface area contributed by atoms with Crippen LogP contribution in [0.3, 0.4) is 0 Å². The SMILES string of the molecule is O=C(c1cn(Cc2cccc(F)c2)nn1)C(F)(F)F. The molecule has 0 radical (unpaired) electrons. The highest BCUT2D eigenvalue weighted by Gasteiger charge is 2.41. The molecule has 0 aliphatic heterocycles. The van der Waals surface area contributed by atoms with Gasteiger partial charge in [-0.05, 0) is 17.7 Å². The number of benzene rings is 1. The molecule has 2 aromatic rings. The lowest BCUT2D eigenvalue weighted by Gasteiger charge is -2.01. The van der Waals surface area contributed by atoms with Crippen molar-refractivity contribution in [1.29, 1.82) is 0 Å². The van der Waals surface area contributed by atoms with Gasteiger partial charge in [0.1, 0.15) is 5.82 Å². The van der Waals surface area contributed by atoms with E-state index in [9.17, 15) is 22.4 Å². The van der Waals surface area contributed by atoms with Crippen LogP contribution >= 0.6 is 0 Å². The van der Waals surface area contributed by atoms with Gasteiger partial charge in [0.25, 0.3) is 5.78 Å². The van der Waals surface area contributed by atoms with Gasteiger partial charge in [0, 0.05) is 0 Å². The monoisotopic (exact) mass is 273 g/mol. The van der Waals surface area contributed by atoms with Crippen molar-refractivity contribution in [3.05, 3.63) is 47.5 Å². The molecule has 0 saturated carbocycles. The third kappa shape index (κ3) is 3.15. The quantitative estimate of drug-likeness (QED) is 0.636. The van der Waals surface area contributed by atoms with Crippen molar-refractivity contribution in [2.24, 2.45) is 0 Å². The highest BCUT2D eigenvalue weighted by Crippen LogP contribution is 2.20. The number of halogens is 4. The van der Waals surface area contributed by atoms with E-state index in [-0.39, 0.29) is 6.54 Å². The van der Waals surface area contributed by atoms with Gasteiger partial charge in [-0.15, -0.1) is 5.10 Å². The first kappa shape index (κ1) is 13.2. The number of alkyl halides is 3. The third-order valence-corrected chi connectivity index (χ3v) is 2.26. The molecule has 0 spiro atoms. The Morgan fingerprint density at radius 2 is 2.05 bits per heavy atom. The lowest BCUT2D eigenvalue weighted by molar-refractivity contribution is -0.0888. The summed E-state index contributed by atoms with van der Waals surface area (Å²) < 4.78 is 50.4. The molecule has 4 nitrogen and oxygen atoms in total. The normalized spacial score (nSPS) is 11.6. The maximum absolute atomic E-state index is 12.9. The first-order chi connectivity index (χ1) is 8.86. The van der Waals surface area contributed by atoms with Gasteiger partial charge >= 0.3 is 6.18 Å². The van der Waals surface area contributed by atoms with Crippen LogP contribution in [0.5, 0.6) is 0 Å². The van der Waals surface area contributed by atoms with Crippen LogP contribution in [0.2, 0.25) is 0 Å². The molecule has 0 unspecified atom stereocenters. The Balaban J connectivity index is 2.16.